The zero-order chi connectivity index (χ0) is 17.3. The second-order valence-electron chi connectivity index (χ2n) is 5.38. The first-order valence-electron chi connectivity index (χ1n) is 7.27. The predicted octanol–water partition coefficient (Wildman–Crippen LogP) is 3.00. The highest BCUT2D eigenvalue weighted by Gasteiger charge is 2.35. The van der Waals surface area contributed by atoms with Gasteiger partial charge >= 0.3 is 11.8 Å². The molecule has 1 aliphatic heterocycles. The molecule has 0 radical (unpaired) electrons. The zero-order valence-corrected chi connectivity index (χ0v) is 12.4. The Morgan fingerprint density at radius 2 is 1.92 bits per heavy atom. The van der Waals surface area contributed by atoms with Crippen molar-refractivity contribution in [2.45, 2.75) is 18.9 Å². The van der Waals surface area contributed by atoms with Crippen LogP contribution in [0.3, 0.4) is 0 Å². The fourth-order valence-corrected chi connectivity index (χ4v) is 2.73. The lowest BCUT2D eigenvalue weighted by atomic mass is 10.1. The van der Waals surface area contributed by atoms with E-state index in [0.29, 0.717) is 37.3 Å². The lowest BCUT2D eigenvalue weighted by Crippen LogP contribution is -2.39. The summed E-state index contributed by atoms with van der Waals surface area (Å²) in [5.74, 6) is -5.89. The molecular weight excluding hydrogens is 325 g/mol. The number of likely N-dealkylation sites (tertiary alicyclic amines) is 1. The average molecular weight is 338 g/mol. The van der Waals surface area contributed by atoms with Gasteiger partial charge in [-0.25, -0.2) is 13.2 Å². The third kappa shape index (κ3) is 2.99. The third-order valence-electron chi connectivity index (χ3n) is 3.82. The second-order valence-corrected chi connectivity index (χ2v) is 5.38. The van der Waals surface area contributed by atoms with Crippen molar-refractivity contribution in [1.82, 2.24) is 4.90 Å². The van der Waals surface area contributed by atoms with Crippen LogP contribution in [0.4, 0.5) is 18.9 Å². The van der Waals surface area contributed by atoms with Crippen molar-refractivity contribution in [3.63, 3.8) is 0 Å². The van der Waals surface area contributed by atoms with Gasteiger partial charge in [0.2, 0.25) is 0 Å². The van der Waals surface area contributed by atoms with Gasteiger partial charge in [-0.2, -0.15) is 0 Å². The SMILES string of the molecule is O=C(Nc1cc(F)c(F)c(F)c1)C(=O)N1CCCC1c1ccco1. The highest BCUT2D eigenvalue weighted by Crippen LogP contribution is 2.32. The Balaban J connectivity index is 1.74. The molecule has 1 saturated heterocycles. The summed E-state index contributed by atoms with van der Waals surface area (Å²) >= 11 is 0. The van der Waals surface area contributed by atoms with Crippen molar-refractivity contribution in [3.8, 4) is 0 Å². The molecule has 0 spiro atoms. The number of carbonyl (C=O) groups is 2. The highest BCUT2D eigenvalue weighted by atomic mass is 19.2. The Labute approximate surface area is 135 Å². The third-order valence-corrected chi connectivity index (χ3v) is 3.82. The number of rotatable bonds is 2. The van der Waals surface area contributed by atoms with Gasteiger partial charge in [0.05, 0.1) is 12.3 Å². The van der Waals surface area contributed by atoms with Crippen LogP contribution in [0.1, 0.15) is 24.6 Å². The van der Waals surface area contributed by atoms with Gasteiger partial charge in [0.1, 0.15) is 5.76 Å². The Bertz CT molecular complexity index is 754. The van der Waals surface area contributed by atoms with Gasteiger partial charge in [0.15, 0.2) is 17.5 Å². The summed E-state index contributed by atoms with van der Waals surface area (Å²) < 4.78 is 44.5. The fraction of sp³-hybridized carbons (Fsp3) is 0.250. The van der Waals surface area contributed by atoms with E-state index in [1.165, 1.54) is 11.2 Å². The number of nitrogens with one attached hydrogen (secondary N) is 1. The maximum Gasteiger partial charge on any atom is 0.313 e. The molecule has 2 heterocycles. The van der Waals surface area contributed by atoms with Crippen molar-refractivity contribution >= 4 is 17.5 Å². The maximum atomic E-state index is 13.2. The Morgan fingerprint density at radius 3 is 2.54 bits per heavy atom. The number of amides is 2. The van der Waals surface area contributed by atoms with E-state index in [0.717, 1.165) is 0 Å². The molecule has 2 aromatic rings. The first-order chi connectivity index (χ1) is 11.5. The van der Waals surface area contributed by atoms with Gasteiger partial charge in [0, 0.05) is 24.4 Å². The van der Waals surface area contributed by atoms with Crippen LogP contribution in [-0.2, 0) is 9.59 Å². The van der Waals surface area contributed by atoms with E-state index in [1.54, 1.807) is 12.1 Å². The normalized spacial score (nSPS) is 17.1. The monoisotopic (exact) mass is 338 g/mol. The van der Waals surface area contributed by atoms with Gasteiger partial charge in [-0.05, 0) is 25.0 Å². The number of hydrogen-bond acceptors (Lipinski definition) is 3. The van der Waals surface area contributed by atoms with Crippen LogP contribution in [0.25, 0.3) is 0 Å². The molecule has 1 aromatic carbocycles. The summed E-state index contributed by atoms with van der Waals surface area (Å²) in [6, 6.07) is 4.24. The quantitative estimate of drug-likeness (QED) is 0.676. The number of furan rings is 1. The van der Waals surface area contributed by atoms with Crippen molar-refractivity contribution in [2.24, 2.45) is 0 Å². The first kappa shape index (κ1) is 16.1. The summed E-state index contributed by atoms with van der Waals surface area (Å²) in [5, 5.41) is 2.09. The Kier molecular flexibility index (Phi) is 4.28. The van der Waals surface area contributed by atoms with Crippen molar-refractivity contribution in [3.05, 3.63) is 53.7 Å². The molecule has 0 bridgehead atoms. The largest absolute Gasteiger partial charge is 0.467 e. The maximum absolute atomic E-state index is 13.2. The zero-order valence-electron chi connectivity index (χ0n) is 12.4. The lowest BCUT2D eigenvalue weighted by molar-refractivity contribution is -0.144. The number of anilines is 1. The molecule has 0 saturated carbocycles. The molecule has 2 amide bonds. The number of hydrogen-bond donors (Lipinski definition) is 1. The van der Waals surface area contributed by atoms with Gasteiger partial charge in [-0.3, -0.25) is 9.59 Å². The Morgan fingerprint density at radius 1 is 1.21 bits per heavy atom. The van der Waals surface area contributed by atoms with E-state index >= 15 is 0 Å². The van der Waals surface area contributed by atoms with Crippen LogP contribution in [-0.4, -0.2) is 23.3 Å². The van der Waals surface area contributed by atoms with Gasteiger partial charge in [-0.15, -0.1) is 0 Å². The van der Waals surface area contributed by atoms with Gasteiger partial charge < -0.3 is 14.6 Å². The van der Waals surface area contributed by atoms with Gasteiger partial charge in [-0.1, -0.05) is 0 Å². The van der Waals surface area contributed by atoms with E-state index in [-0.39, 0.29) is 11.7 Å². The van der Waals surface area contributed by atoms with E-state index in [9.17, 15) is 22.8 Å². The fourth-order valence-electron chi connectivity index (χ4n) is 2.73. The first-order valence-corrected chi connectivity index (χ1v) is 7.27. The van der Waals surface area contributed by atoms with Crippen LogP contribution in [0.2, 0.25) is 0 Å². The smallest absolute Gasteiger partial charge is 0.313 e. The van der Waals surface area contributed by atoms with Crippen molar-refractivity contribution in [1.29, 1.82) is 0 Å². The van der Waals surface area contributed by atoms with Crippen LogP contribution < -0.4 is 5.32 Å². The highest BCUT2D eigenvalue weighted by molar-refractivity contribution is 6.39. The molecule has 1 aromatic heterocycles. The van der Waals surface area contributed by atoms with Crippen LogP contribution in [0.5, 0.6) is 0 Å². The van der Waals surface area contributed by atoms with E-state index in [2.05, 4.69) is 5.32 Å². The lowest BCUT2D eigenvalue weighted by Gasteiger charge is -2.22. The topological polar surface area (TPSA) is 62.6 Å². The average Bonchev–Trinajstić information content (AvgIpc) is 3.22. The molecule has 3 rings (SSSR count). The summed E-state index contributed by atoms with van der Waals surface area (Å²) in [6.45, 7) is 0.365. The minimum atomic E-state index is -1.64. The second kappa shape index (κ2) is 6.38. The molecule has 1 atom stereocenters. The number of halogens is 3. The molecule has 8 heteroatoms. The van der Waals surface area contributed by atoms with Crippen molar-refractivity contribution in [2.75, 3.05) is 11.9 Å². The minimum absolute atomic E-state index is 0.335. The van der Waals surface area contributed by atoms with Crippen LogP contribution in [0, 0.1) is 17.5 Å². The van der Waals surface area contributed by atoms with E-state index in [4.69, 9.17) is 4.42 Å². The summed E-state index contributed by atoms with van der Waals surface area (Å²) in [5.41, 5.74) is -0.335. The summed E-state index contributed by atoms with van der Waals surface area (Å²) in [7, 11) is 0. The molecule has 0 aliphatic carbocycles. The van der Waals surface area contributed by atoms with Crippen LogP contribution >= 0.6 is 0 Å². The predicted molar refractivity (Wildman–Crippen MR) is 77.3 cm³/mol. The summed E-state index contributed by atoms with van der Waals surface area (Å²) in [6.07, 6.45) is 2.82. The number of nitrogens with zero attached hydrogens (tertiary/aromatic N) is 1. The van der Waals surface area contributed by atoms with Crippen LogP contribution in [0.15, 0.2) is 34.9 Å². The molecule has 1 N–H and O–H groups in total. The molecule has 1 fully saturated rings. The molecule has 126 valence electrons. The Hall–Kier alpha value is -2.77. The molecule has 5 nitrogen and oxygen atoms in total. The van der Waals surface area contributed by atoms with E-state index < -0.39 is 29.3 Å². The number of benzene rings is 1. The minimum Gasteiger partial charge on any atom is -0.467 e. The van der Waals surface area contributed by atoms with Gasteiger partial charge in [0.25, 0.3) is 0 Å². The molecule has 24 heavy (non-hydrogen) atoms. The molecule has 1 unspecified atom stereocenters. The van der Waals surface area contributed by atoms with Crippen molar-refractivity contribution < 1.29 is 27.2 Å². The molecule has 1 aliphatic rings. The number of carbonyl (C=O) groups excluding carboxylic acids is 2. The standard InChI is InChI=1S/C16H13F3N2O3/c17-10-7-9(8-11(18)14(10)19)20-15(22)16(23)21-5-1-3-12(21)13-4-2-6-24-13/h2,4,6-8,12H,1,3,5H2,(H,20,22). The summed E-state index contributed by atoms with van der Waals surface area (Å²) in [4.78, 5) is 25.7. The molecular formula is C16H13F3N2O3. The van der Waals surface area contributed by atoms with E-state index in [1.807, 2.05) is 0 Å².